The number of hydrogen-bond acceptors (Lipinski definition) is 1. The van der Waals surface area contributed by atoms with Crippen LogP contribution in [0.5, 0.6) is 0 Å². The molecule has 0 saturated heterocycles. The SMILES string of the molecule is CSC1c2ccccc2-c2ccccc21. The molecule has 0 atom stereocenters. The van der Waals surface area contributed by atoms with E-state index >= 15 is 0 Å². The molecule has 0 nitrogen and oxygen atoms in total. The van der Waals surface area contributed by atoms with E-state index in [0.717, 1.165) is 0 Å². The van der Waals surface area contributed by atoms with Crippen LogP contribution in [-0.4, -0.2) is 6.26 Å². The molecule has 3 rings (SSSR count). The predicted molar refractivity (Wildman–Crippen MR) is 67.2 cm³/mol. The Hall–Kier alpha value is -1.21. The third kappa shape index (κ3) is 1.23. The molecule has 15 heavy (non-hydrogen) atoms. The molecule has 0 aromatic heterocycles. The molecule has 2 aromatic carbocycles. The minimum absolute atomic E-state index is 0.525. The summed E-state index contributed by atoms with van der Waals surface area (Å²) < 4.78 is 0. The Balaban J connectivity index is 2.31. The van der Waals surface area contributed by atoms with Crippen molar-refractivity contribution in [3.63, 3.8) is 0 Å². The van der Waals surface area contributed by atoms with Crippen LogP contribution in [0.4, 0.5) is 0 Å². The van der Waals surface area contributed by atoms with Crippen molar-refractivity contribution >= 4 is 11.8 Å². The van der Waals surface area contributed by atoms with Gasteiger partial charge in [0.05, 0.1) is 5.25 Å². The first kappa shape index (κ1) is 9.05. The zero-order valence-electron chi connectivity index (χ0n) is 8.60. The molecule has 0 bridgehead atoms. The fourth-order valence-corrected chi connectivity index (χ4v) is 3.28. The minimum atomic E-state index is 0.525. The van der Waals surface area contributed by atoms with Gasteiger partial charge >= 0.3 is 0 Å². The largest absolute Gasteiger partial charge is 0.152 e. The van der Waals surface area contributed by atoms with E-state index < -0.39 is 0 Å². The number of benzene rings is 2. The Labute approximate surface area is 94.3 Å². The Morgan fingerprint density at radius 3 is 1.73 bits per heavy atom. The minimum Gasteiger partial charge on any atom is -0.152 e. The summed E-state index contributed by atoms with van der Waals surface area (Å²) in [7, 11) is 0. The second-order valence-electron chi connectivity index (χ2n) is 3.79. The lowest BCUT2D eigenvalue weighted by Crippen LogP contribution is -1.88. The van der Waals surface area contributed by atoms with Crippen molar-refractivity contribution in [2.75, 3.05) is 6.26 Å². The average molecular weight is 212 g/mol. The highest BCUT2D eigenvalue weighted by atomic mass is 32.2. The first-order chi connectivity index (χ1) is 7.42. The predicted octanol–water partition coefficient (Wildman–Crippen LogP) is 4.12. The summed E-state index contributed by atoms with van der Waals surface area (Å²) >= 11 is 1.92. The highest BCUT2D eigenvalue weighted by molar-refractivity contribution is 7.99. The molecule has 0 aliphatic heterocycles. The fraction of sp³-hybridized carbons (Fsp3) is 0.143. The molecule has 0 radical (unpaired) electrons. The third-order valence-electron chi connectivity index (χ3n) is 3.01. The van der Waals surface area contributed by atoms with Crippen molar-refractivity contribution in [2.45, 2.75) is 5.25 Å². The first-order valence-corrected chi connectivity index (χ1v) is 6.41. The van der Waals surface area contributed by atoms with Gasteiger partial charge < -0.3 is 0 Å². The summed E-state index contributed by atoms with van der Waals surface area (Å²) in [5.74, 6) is 0. The molecular formula is C14H12S. The maximum absolute atomic E-state index is 2.25. The number of hydrogen-bond donors (Lipinski definition) is 0. The van der Waals surface area contributed by atoms with Crippen LogP contribution in [0, 0.1) is 0 Å². The number of fused-ring (bicyclic) bond motifs is 3. The lowest BCUT2D eigenvalue weighted by Gasteiger charge is -2.09. The molecule has 0 heterocycles. The van der Waals surface area contributed by atoms with Crippen LogP contribution in [-0.2, 0) is 0 Å². The van der Waals surface area contributed by atoms with Gasteiger partial charge in [0.2, 0.25) is 0 Å². The standard InChI is InChI=1S/C14H12S/c1-15-14-12-8-4-2-6-10(12)11-7-3-5-9-13(11)14/h2-9,14H,1H3. The van der Waals surface area contributed by atoms with Crippen molar-refractivity contribution < 1.29 is 0 Å². The molecule has 0 saturated carbocycles. The van der Waals surface area contributed by atoms with Crippen LogP contribution in [0.25, 0.3) is 11.1 Å². The molecule has 1 aliphatic rings. The van der Waals surface area contributed by atoms with Crippen molar-refractivity contribution in [1.82, 2.24) is 0 Å². The molecular weight excluding hydrogens is 200 g/mol. The smallest absolute Gasteiger partial charge is 0.0556 e. The van der Waals surface area contributed by atoms with Crippen LogP contribution in [0.2, 0.25) is 0 Å². The quantitative estimate of drug-likeness (QED) is 0.685. The molecule has 0 spiro atoms. The first-order valence-electron chi connectivity index (χ1n) is 5.13. The lowest BCUT2D eigenvalue weighted by atomic mass is 10.1. The van der Waals surface area contributed by atoms with Crippen molar-refractivity contribution in [3.8, 4) is 11.1 Å². The maximum atomic E-state index is 2.25. The van der Waals surface area contributed by atoms with E-state index in [0.29, 0.717) is 5.25 Å². The monoisotopic (exact) mass is 212 g/mol. The highest BCUT2D eigenvalue weighted by Crippen LogP contribution is 2.48. The van der Waals surface area contributed by atoms with E-state index in [1.165, 1.54) is 22.3 Å². The van der Waals surface area contributed by atoms with Crippen LogP contribution in [0.3, 0.4) is 0 Å². The molecule has 0 fully saturated rings. The summed E-state index contributed by atoms with van der Waals surface area (Å²) in [5.41, 5.74) is 5.75. The highest BCUT2D eigenvalue weighted by Gasteiger charge is 2.26. The summed E-state index contributed by atoms with van der Waals surface area (Å²) in [5, 5.41) is 0.525. The summed E-state index contributed by atoms with van der Waals surface area (Å²) in [4.78, 5) is 0. The van der Waals surface area contributed by atoms with Crippen LogP contribution >= 0.6 is 11.8 Å². The Kier molecular flexibility index (Phi) is 2.06. The molecule has 0 unspecified atom stereocenters. The molecule has 74 valence electrons. The van der Waals surface area contributed by atoms with Crippen molar-refractivity contribution in [2.24, 2.45) is 0 Å². The molecule has 1 aliphatic carbocycles. The van der Waals surface area contributed by atoms with Crippen LogP contribution < -0.4 is 0 Å². The van der Waals surface area contributed by atoms with E-state index in [9.17, 15) is 0 Å². The summed E-state index contributed by atoms with van der Waals surface area (Å²) in [6.07, 6.45) is 2.18. The summed E-state index contributed by atoms with van der Waals surface area (Å²) in [6, 6.07) is 17.5. The van der Waals surface area contributed by atoms with Gasteiger partial charge in [0, 0.05) is 0 Å². The molecule has 0 N–H and O–H groups in total. The van der Waals surface area contributed by atoms with E-state index in [-0.39, 0.29) is 0 Å². The Morgan fingerprint density at radius 1 is 0.800 bits per heavy atom. The maximum Gasteiger partial charge on any atom is 0.0556 e. The van der Waals surface area contributed by atoms with Crippen LogP contribution in [0.1, 0.15) is 16.4 Å². The van der Waals surface area contributed by atoms with Gasteiger partial charge in [-0.3, -0.25) is 0 Å². The third-order valence-corrected chi connectivity index (χ3v) is 3.99. The van der Waals surface area contributed by atoms with E-state index in [1.807, 2.05) is 11.8 Å². The molecule has 2 aromatic rings. The fourth-order valence-electron chi connectivity index (χ4n) is 2.36. The van der Waals surface area contributed by atoms with Gasteiger partial charge in [0.15, 0.2) is 0 Å². The van der Waals surface area contributed by atoms with Crippen LogP contribution in [0.15, 0.2) is 48.5 Å². The van der Waals surface area contributed by atoms with E-state index in [4.69, 9.17) is 0 Å². The zero-order valence-corrected chi connectivity index (χ0v) is 9.42. The van der Waals surface area contributed by atoms with Crippen molar-refractivity contribution in [1.29, 1.82) is 0 Å². The van der Waals surface area contributed by atoms with Gasteiger partial charge in [-0.15, -0.1) is 0 Å². The zero-order chi connectivity index (χ0) is 10.3. The molecule has 0 amide bonds. The van der Waals surface area contributed by atoms with Crippen molar-refractivity contribution in [3.05, 3.63) is 59.7 Å². The Bertz CT molecular complexity index is 457. The van der Waals surface area contributed by atoms with Gasteiger partial charge in [-0.05, 0) is 28.5 Å². The van der Waals surface area contributed by atoms with Gasteiger partial charge in [-0.25, -0.2) is 0 Å². The Morgan fingerprint density at radius 2 is 1.27 bits per heavy atom. The van der Waals surface area contributed by atoms with Gasteiger partial charge in [-0.2, -0.15) is 11.8 Å². The van der Waals surface area contributed by atoms with Gasteiger partial charge in [-0.1, -0.05) is 48.5 Å². The van der Waals surface area contributed by atoms with Gasteiger partial charge in [0.1, 0.15) is 0 Å². The second-order valence-corrected chi connectivity index (χ2v) is 4.73. The number of rotatable bonds is 1. The lowest BCUT2D eigenvalue weighted by molar-refractivity contribution is 1.22. The molecule has 1 heteroatoms. The normalized spacial score (nSPS) is 13.7. The van der Waals surface area contributed by atoms with E-state index in [1.54, 1.807) is 0 Å². The van der Waals surface area contributed by atoms with E-state index in [2.05, 4.69) is 54.8 Å². The number of thioether (sulfide) groups is 1. The average Bonchev–Trinajstić information content (AvgIpc) is 2.63. The second kappa shape index (κ2) is 3.42. The topological polar surface area (TPSA) is 0 Å². The van der Waals surface area contributed by atoms with Gasteiger partial charge in [0.25, 0.3) is 0 Å². The summed E-state index contributed by atoms with van der Waals surface area (Å²) in [6.45, 7) is 0.